The van der Waals surface area contributed by atoms with E-state index >= 15 is 0 Å². The lowest BCUT2D eigenvalue weighted by atomic mass is 10.1. The second-order valence-corrected chi connectivity index (χ2v) is 4.92. The first-order valence-electron chi connectivity index (χ1n) is 6.80. The van der Waals surface area contributed by atoms with Gasteiger partial charge in [0.1, 0.15) is 12.4 Å². The number of benzene rings is 2. The van der Waals surface area contributed by atoms with Crippen molar-refractivity contribution in [2.45, 2.75) is 13.0 Å². The summed E-state index contributed by atoms with van der Waals surface area (Å²) in [6, 6.07) is 11.3. The number of hydrogen-bond donors (Lipinski definition) is 0. The van der Waals surface area contributed by atoms with E-state index in [0.717, 1.165) is 12.1 Å². The Labute approximate surface area is 134 Å². The van der Waals surface area contributed by atoms with E-state index in [1.54, 1.807) is 12.1 Å². The van der Waals surface area contributed by atoms with Gasteiger partial charge in [-0.3, -0.25) is 14.4 Å². The number of amides is 2. The molecule has 0 saturated heterocycles. The standard InChI is InChI=1S/C16H10F3NO4/c17-16(18,19)24-11-5-3-4-10(8-11)9-23-20-14(21)12-6-1-2-7-13(12)15(20)22/h1-8H,9H2. The lowest BCUT2D eigenvalue weighted by Crippen LogP contribution is -2.29. The van der Waals surface area contributed by atoms with E-state index in [1.807, 2.05) is 0 Å². The summed E-state index contributed by atoms with van der Waals surface area (Å²) in [6.45, 7) is -0.263. The highest BCUT2D eigenvalue weighted by molar-refractivity contribution is 6.20. The molecule has 0 aliphatic carbocycles. The number of carbonyl (C=O) groups is 2. The van der Waals surface area contributed by atoms with Crippen LogP contribution in [0.15, 0.2) is 48.5 Å². The number of rotatable bonds is 4. The van der Waals surface area contributed by atoms with Gasteiger partial charge in [-0.1, -0.05) is 24.3 Å². The second-order valence-electron chi connectivity index (χ2n) is 4.92. The van der Waals surface area contributed by atoms with Crippen LogP contribution in [0.3, 0.4) is 0 Å². The lowest BCUT2D eigenvalue weighted by molar-refractivity contribution is -0.274. The molecular formula is C16H10F3NO4. The van der Waals surface area contributed by atoms with Gasteiger partial charge >= 0.3 is 6.36 Å². The Morgan fingerprint density at radius 1 is 0.917 bits per heavy atom. The van der Waals surface area contributed by atoms with Crippen molar-refractivity contribution in [1.29, 1.82) is 0 Å². The molecule has 1 heterocycles. The molecule has 5 nitrogen and oxygen atoms in total. The van der Waals surface area contributed by atoms with Gasteiger partial charge in [-0.15, -0.1) is 18.2 Å². The Bertz CT molecular complexity index is 769. The number of hydrogen-bond acceptors (Lipinski definition) is 4. The van der Waals surface area contributed by atoms with Crippen LogP contribution in [-0.4, -0.2) is 23.2 Å². The monoisotopic (exact) mass is 337 g/mol. The molecule has 2 aromatic rings. The maximum atomic E-state index is 12.2. The number of ether oxygens (including phenoxy) is 1. The summed E-state index contributed by atoms with van der Waals surface area (Å²) in [5.74, 6) is -1.64. The molecule has 0 fully saturated rings. The van der Waals surface area contributed by atoms with Gasteiger partial charge in [0, 0.05) is 0 Å². The average molecular weight is 337 g/mol. The normalized spacial score (nSPS) is 14.0. The van der Waals surface area contributed by atoms with Crippen molar-refractivity contribution in [3.8, 4) is 5.75 Å². The van der Waals surface area contributed by atoms with Crippen molar-refractivity contribution >= 4 is 11.8 Å². The molecule has 3 rings (SSSR count). The predicted molar refractivity (Wildman–Crippen MR) is 74.9 cm³/mol. The molecular weight excluding hydrogens is 327 g/mol. The third kappa shape index (κ3) is 3.23. The molecule has 1 aliphatic heterocycles. The Balaban J connectivity index is 1.70. The smallest absolute Gasteiger partial charge is 0.406 e. The molecule has 0 spiro atoms. The van der Waals surface area contributed by atoms with Crippen LogP contribution < -0.4 is 4.74 Å². The van der Waals surface area contributed by atoms with Gasteiger partial charge < -0.3 is 4.74 Å². The minimum absolute atomic E-state index is 0.219. The van der Waals surface area contributed by atoms with Crippen molar-refractivity contribution in [2.75, 3.05) is 0 Å². The summed E-state index contributed by atoms with van der Waals surface area (Å²) in [7, 11) is 0. The molecule has 2 aromatic carbocycles. The molecule has 124 valence electrons. The zero-order valence-electron chi connectivity index (χ0n) is 12.0. The van der Waals surface area contributed by atoms with E-state index in [0.29, 0.717) is 10.6 Å². The quantitative estimate of drug-likeness (QED) is 0.803. The van der Waals surface area contributed by atoms with Gasteiger partial charge in [0.2, 0.25) is 0 Å². The highest BCUT2D eigenvalue weighted by atomic mass is 19.4. The Kier molecular flexibility index (Phi) is 3.98. The van der Waals surface area contributed by atoms with Crippen LogP contribution in [0.5, 0.6) is 5.75 Å². The fourth-order valence-electron chi connectivity index (χ4n) is 2.26. The first-order chi connectivity index (χ1) is 11.3. The third-order valence-corrected chi connectivity index (χ3v) is 3.25. The maximum absolute atomic E-state index is 12.2. The summed E-state index contributed by atoms with van der Waals surface area (Å²) < 4.78 is 40.4. The summed E-state index contributed by atoms with van der Waals surface area (Å²) in [5, 5.41) is 0.599. The van der Waals surface area contributed by atoms with E-state index in [-0.39, 0.29) is 17.7 Å². The van der Waals surface area contributed by atoms with Crippen LogP contribution >= 0.6 is 0 Å². The molecule has 1 aliphatic rings. The van der Waals surface area contributed by atoms with Crippen LogP contribution in [0.1, 0.15) is 26.3 Å². The summed E-state index contributed by atoms with van der Waals surface area (Å²) in [5.41, 5.74) is 0.751. The number of alkyl halides is 3. The first-order valence-corrected chi connectivity index (χ1v) is 6.80. The molecule has 0 N–H and O–H groups in total. The number of fused-ring (bicyclic) bond motifs is 1. The van der Waals surface area contributed by atoms with Gasteiger partial charge in [0.25, 0.3) is 11.8 Å². The van der Waals surface area contributed by atoms with Crippen molar-refractivity contribution < 1.29 is 32.3 Å². The van der Waals surface area contributed by atoms with Crippen LogP contribution in [0.25, 0.3) is 0 Å². The van der Waals surface area contributed by atoms with Gasteiger partial charge in [-0.2, -0.15) is 0 Å². The van der Waals surface area contributed by atoms with Crippen molar-refractivity contribution in [2.24, 2.45) is 0 Å². The molecule has 2 amide bonds. The number of carbonyl (C=O) groups excluding carboxylic acids is 2. The third-order valence-electron chi connectivity index (χ3n) is 3.25. The number of halogens is 3. The zero-order chi connectivity index (χ0) is 17.3. The largest absolute Gasteiger partial charge is 0.573 e. The van der Waals surface area contributed by atoms with Crippen molar-refractivity contribution in [1.82, 2.24) is 5.06 Å². The van der Waals surface area contributed by atoms with E-state index in [9.17, 15) is 22.8 Å². The molecule has 8 heteroatoms. The second kappa shape index (κ2) is 5.97. The average Bonchev–Trinajstić information content (AvgIpc) is 2.76. The fraction of sp³-hybridized carbons (Fsp3) is 0.125. The minimum atomic E-state index is -4.80. The molecule has 24 heavy (non-hydrogen) atoms. The molecule has 0 atom stereocenters. The maximum Gasteiger partial charge on any atom is 0.573 e. The Morgan fingerprint density at radius 2 is 1.54 bits per heavy atom. The first kappa shape index (κ1) is 16.0. The molecule has 0 unspecified atom stereocenters. The number of nitrogens with zero attached hydrogens (tertiary/aromatic N) is 1. The van der Waals surface area contributed by atoms with E-state index in [1.165, 1.54) is 24.3 Å². The van der Waals surface area contributed by atoms with Gasteiger partial charge in [-0.25, -0.2) is 0 Å². The van der Waals surface area contributed by atoms with E-state index in [2.05, 4.69) is 4.74 Å². The van der Waals surface area contributed by atoms with Gasteiger partial charge in [0.15, 0.2) is 0 Å². The zero-order valence-corrected chi connectivity index (χ0v) is 12.0. The SMILES string of the molecule is O=C1c2ccccc2C(=O)N1OCc1cccc(OC(F)(F)F)c1. The summed E-state index contributed by atoms with van der Waals surface area (Å²) in [6.07, 6.45) is -4.80. The molecule has 0 aromatic heterocycles. The van der Waals surface area contributed by atoms with Gasteiger partial charge in [0.05, 0.1) is 11.1 Å². The Hall–Kier alpha value is -2.87. The lowest BCUT2D eigenvalue weighted by Gasteiger charge is -2.14. The Morgan fingerprint density at radius 3 is 2.12 bits per heavy atom. The number of imide groups is 1. The number of hydroxylamine groups is 2. The highest BCUT2D eigenvalue weighted by Gasteiger charge is 2.36. The highest BCUT2D eigenvalue weighted by Crippen LogP contribution is 2.25. The predicted octanol–water partition coefficient (Wildman–Crippen LogP) is 3.31. The van der Waals surface area contributed by atoms with E-state index in [4.69, 9.17) is 4.84 Å². The van der Waals surface area contributed by atoms with Gasteiger partial charge in [-0.05, 0) is 29.8 Å². The molecule has 0 bridgehead atoms. The fourth-order valence-corrected chi connectivity index (χ4v) is 2.26. The van der Waals surface area contributed by atoms with Crippen LogP contribution in [0, 0.1) is 0 Å². The van der Waals surface area contributed by atoms with Crippen LogP contribution in [0.2, 0.25) is 0 Å². The van der Waals surface area contributed by atoms with Crippen molar-refractivity contribution in [3.05, 3.63) is 65.2 Å². The van der Waals surface area contributed by atoms with Crippen LogP contribution in [0.4, 0.5) is 13.2 Å². The topological polar surface area (TPSA) is 55.8 Å². The summed E-state index contributed by atoms with van der Waals surface area (Å²) >= 11 is 0. The molecule has 0 saturated carbocycles. The van der Waals surface area contributed by atoms with Crippen LogP contribution in [-0.2, 0) is 11.4 Å². The molecule has 0 radical (unpaired) electrons. The minimum Gasteiger partial charge on any atom is -0.406 e. The summed E-state index contributed by atoms with van der Waals surface area (Å²) in [4.78, 5) is 29.4. The van der Waals surface area contributed by atoms with E-state index < -0.39 is 23.9 Å². The van der Waals surface area contributed by atoms with Crippen molar-refractivity contribution in [3.63, 3.8) is 0 Å².